The van der Waals surface area contributed by atoms with Crippen molar-refractivity contribution in [2.45, 2.75) is 19.4 Å². The first-order chi connectivity index (χ1) is 8.76. The Kier molecular flexibility index (Phi) is 3.76. The fourth-order valence-electron chi connectivity index (χ4n) is 1.71. The topological polar surface area (TPSA) is 86.3 Å². The van der Waals surface area contributed by atoms with Crippen LogP contribution in [0.4, 0.5) is 0 Å². The van der Waals surface area contributed by atoms with Crippen molar-refractivity contribution in [3.63, 3.8) is 0 Å². The summed E-state index contributed by atoms with van der Waals surface area (Å²) in [6, 6.07) is 5.38. The molecule has 1 aliphatic heterocycles. The molecule has 0 saturated heterocycles. The number of oxime groups is 1. The van der Waals surface area contributed by atoms with Crippen LogP contribution in [0.1, 0.15) is 13.3 Å². The van der Waals surface area contributed by atoms with Crippen LogP contribution < -0.4 is 19.9 Å². The predicted octanol–water partition coefficient (Wildman–Crippen LogP) is 1.36. The van der Waals surface area contributed by atoms with Gasteiger partial charge in [0.2, 0.25) is 5.75 Å². The molecular formula is C12H16N2O4. The summed E-state index contributed by atoms with van der Waals surface area (Å²) >= 11 is 0. The second-order valence-corrected chi connectivity index (χ2v) is 3.82. The average molecular weight is 252 g/mol. The molecule has 2 rings (SSSR count). The monoisotopic (exact) mass is 252 g/mol. The third-order valence-electron chi connectivity index (χ3n) is 2.62. The van der Waals surface area contributed by atoms with Gasteiger partial charge < -0.3 is 25.2 Å². The van der Waals surface area contributed by atoms with Crippen LogP contribution in [0, 0.1) is 0 Å². The molecule has 1 atom stereocenters. The second kappa shape index (κ2) is 5.48. The van der Waals surface area contributed by atoms with E-state index in [-0.39, 0.29) is 5.84 Å². The van der Waals surface area contributed by atoms with Crippen LogP contribution in [0.3, 0.4) is 0 Å². The first-order valence-corrected chi connectivity index (χ1v) is 5.79. The number of amidine groups is 1. The van der Waals surface area contributed by atoms with Gasteiger partial charge >= 0.3 is 0 Å². The molecule has 0 fully saturated rings. The molecule has 1 heterocycles. The first kappa shape index (κ1) is 12.3. The average Bonchev–Trinajstić information content (AvgIpc) is 2.44. The Labute approximate surface area is 105 Å². The van der Waals surface area contributed by atoms with Crippen molar-refractivity contribution in [3.8, 4) is 17.2 Å². The van der Waals surface area contributed by atoms with Gasteiger partial charge in [0.25, 0.3) is 0 Å². The molecule has 6 heteroatoms. The molecule has 1 unspecified atom stereocenters. The van der Waals surface area contributed by atoms with E-state index in [1.54, 1.807) is 6.07 Å². The van der Waals surface area contributed by atoms with E-state index in [0.717, 1.165) is 0 Å². The highest BCUT2D eigenvalue weighted by Gasteiger charge is 2.21. The highest BCUT2D eigenvalue weighted by atomic mass is 16.6. The Morgan fingerprint density at radius 3 is 3.00 bits per heavy atom. The molecule has 0 amide bonds. The Morgan fingerprint density at radius 1 is 1.50 bits per heavy atom. The van der Waals surface area contributed by atoms with Gasteiger partial charge in [-0.1, -0.05) is 18.1 Å². The molecule has 1 aliphatic rings. The molecule has 98 valence electrons. The number of hydrogen-bond donors (Lipinski definition) is 2. The third-order valence-corrected chi connectivity index (χ3v) is 2.62. The normalized spacial score (nSPS) is 16.2. The number of nitrogens with two attached hydrogens (primary N) is 1. The molecule has 1 aromatic carbocycles. The highest BCUT2D eigenvalue weighted by Crippen LogP contribution is 2.39. The maximum absolute atomic E-state index is 8.68. The minimum atomic E-state index is -0.493. The summed E-state index contributed by atoms with van der Waals surface area (Å²) in [6.07, 6.45) is 0.0903. The standard InChI is InChI=1S/C12H16N2O4/c1-2-8(12(13)14-15)18-10-5-3-4-9-11(10)17-7-6-16-9/h3-5,8,15H,2,6-7H2,1H3,(H2,13,14). The maximum atomic E-state index is 8.68. The summed E-state index contributed by atoms with van der Waals surface area (Å²) in [4.78, 5) is 0. The van der Waals surface area contributed by atoms with Crippen molar-refractivity contribution in [2.75, 3.05) is 13.2 Å². The summed E-state index contributed by atoms with van der Waals surface area (Å²) in [6.45, 7) is 2.89. The zero-order valence-corrected chi connectivity index (χ0v) is 10.1. The lowest BCUT2D eigenvalue weighted by atomic mass is 10.2. The molecule has 0 aromatic heterocycles. The number of ether oxygens (including phenoxy) is 3. The number of hydrogen-bond acceptors (Lipinski definition) is 5. The van der Waals surface area contributed by atoms with E-state index in [1.165, 1.54) is 0 Å². The second-order valence-electron chi connectivity index (χ2n) is 3.82. The van der Waals surface area contributed by atoms with E-state index >= 15 is 0 Å². The molecule has 1 aromatic rings. The van der Waals surface area contributed by atoms with Gasteiger partial charge in [0.05, 0.1) is 0 Å². The van der Waals surface area contributed by atoms with Crippen molar-refractivity contribution in [2.24, 2.45) is 10.9 Å². The van der Waals surface area contributed by atoms with Crippen LogP contribution >= 0.6 is 0 Å². The number of benzene rings is 1. The molecule has 0 radical (unpaired) electrons. The van der Waals surface area contributed by atoms with E-state index < -0.39 is 6.10 Å². The van der Waals surface area contributed by atoms with Crippen LogP contribution in [0.25, 0.3) is 0 Å². The van der Waals surface area contributed by atoms with Crippen LogP contribution in [-0.4, -0.2) is 30.4 Å². The lowest BCUT2D eigenvalue weighted by Gasteiger charge is -2.23. The van der Waals surface area contributed by atoms with Gasteiger partial charge in [-0.2, -0.15) is 0 Å². The van der Waals surface area contributed by atoms with Crippen molar-refractivity contribution >= 4 is 5.84 Å². The first-order valence-electron chi connectivity index (χ1n) is 5.79. The van der Waals surface area contributed by atoms with Gasteiger partial charge in [-0.15, -0.1) is 0 Å². The Bertz CT molecular complexity index is 448. The number of rotatable bonds is 4. The quantitative estimate of drug-likeness (QED) is 0.366. The van der Waals surface area contributed by atoms with Crippen LogP contribution in [0.15, 0.2) is 23.4 Å². The lowest BCUT2D eigenvalue weighted by molar-refractivity contribution is 0.157. The van der Waals surface area contributed by atoms with Gasteiger partial charge in [-0.25, -0.2) is 0 Å². The minimum Gasteiger partial charge on any atom is -0.486 e. The zero-order valence-electron chi connectivity index (χ0n) is 10.1. The van der Waals surface area contributed by atoms with Crippen molar-refractivity contribution in [1.29, 1.82) is 0 Å². The van der Waals surface area contributed by atoms with Crippen LogP contribution in [-0.2, 0) is 0 Å². The van der Waals surface area contributed by atoms with Crippen molar-refractivity contribution in [3.05, 3.63) is 18.2 Å². The Morgan fingerprint density at radius 2 is 2.28 bits per heavy atom. The van der Waals surface area contributed by atoms with Crippen LogP contribution in [0.5, 0.6) is 17.2 Å². The molecular weight excluding hydrogens is 236 g/mol. The number of fused-ring (bicyclic) bond motifs is 1. The summed E-state index contributed by atoms with van der Waals surface area (Å²) in [5.41, 5.74) is 5.55. The van der Waals surface area contributed by atoms with E-state index in [1.807, 2.05) is 19.1 Å². The molecule has 3 N–H and O–H groups in total. The van der Waals surface area contributed by atoms with Crippen molar-refractivity contribution < 1.29 is 19.4 Å². The summed E-state index contributed by atoms with van der Waals surface area (Å²) in [5.74, 6) is 1.78. The van der Waals surface area contributed by atoms with Gasteiger partial charge in [-0.3, -0.25) is 0 Å². The lowest BCUT2D eigenvalue weighted by Crippen LogP contribution is -2.33. The predicted molar refractivity (Wildman–Crippen MR) is 65.5 cm³/mol. The Balaban J connectivity index is 2.23. The van der Waals surface area contributed by atoms with Gasteiger partial charge in [0, 0.05) is 0 Å². The molecule has 0 aliphatic carbocycles. The third kappa shape index (κ3) is 2.42. The van der Waals surface area contributed by atoms with Gasteiger partial charge in [0.1, 0.15) is 13.2 Å². The fourth-order valence-corrected chi connectivity index (χ4v) is 1.71. The maximum Gasteiger partial charge on any atom is 0.203 e. The molecule has 0 spiro atoms. The molecule has 18 heavy (non-hydrogen) atoms. The summed E-state index contributed by atoms with van der Waals surface area (Å²) in [5, 5.41) is 11.6. The Hall–Kier alpha value is -2.11. The van der Waals surface area contributed by atoms with Gasteiger partial charge in [-0.05, 0) is 18.6 Å². The molecule has 0 saturated carbocycles. The van der Waals surface area contributed by atoms with Crippen molar-refractivity contribution in [1.82, 2.24) is 0 Å². The molecule has 0 bridgehead atoms. The molecule has 6 nitrogen and oxygen atoms in total. The van der Waals surface area contributed by atoms with E-state index in [9.17, 15) is 0 Å². The fraction of sp³-hybridized carbons (Fsp3) is 0.417. The number of nitrogens with zero attached hydrogens (tertiary/aromatic N) is 1. The summed E-state index contributed by atoms with van der Waals surface area (Å²) < 4.78 is 16.7. The zero-order chi connectivity index (χ0) is 13.0. The van der Waals surface area contributed by atoms with E-state index in [2.05, 4.69) is 5.16 Å². The minimum absolute atomic E-state index is 0.0341. The smallest absolute Gasteiger partial charge is 0.203 e. The van der Waals surface area contributed by atoms with E-state index in [4.69, 9.17) is 25.2 Å². The SMILES string of the molecule is CCC(Oc1cccc2c1OCCO2)/C(N)=N/O. The van der Waals surface area contributed by atoms with Crippen LogP contribution in [0.2, 0.25) is 0 Å². The highest BCUT2D eigenvalue weighted by molar-refractivity contribution is 5.84. The van der Waals surface area contributed by atoms with E-state index in [0.29, 0.717) is 36.9 Å². The van der Waals surface area contributed by atoms with Gasteiger partial charge in [0.15, 0.2) is 23.4 Å². The largest absolute Gasteiger partial charge is 0.486 e. The number of para-hydroxylation sites is 1. The summed E-state index contributed by atoms with van der Waals surface area (Å²) in [7, 11) is 0.